The molecule has 1 aliphatic heterocycles. The van der Waals surface area contributed by atoms with Gasteiger partial charge < -0.3 is 9.47 Å². The van der Waals surface area contributed by atoms with Gasteiger partial charge in [0.25, 0.3) is 0 Å². The Labute approximate surface area is 132 Å². The first-order chi connectivity index (χ1) is 10.5. The monoisotopic (exact) mass is 299 g/mol. The number of benzene rings is 1. The van der Waals surface area contributed by atoms with E-state index in [0.717, 1.165) is 23.9 Å². The van der Waals surface area contributed by atoms with Crippen LogP contribution in [-0.4, -0.2) is 32.4 Å². The van der Waals surface area contributed by atoms with Gasteiger partial charge in [0.2, 0.25) is 5.91 Å². The molecule has 2 atom stereocenters. The number of carbonyl (C=O) groups is 1. The Morgan fingerprint density at radius 2 is 1.82 bits per heavy atom. The number of hydrogen-bond donors (Lipinski definition) is 0. The molecule has 0 radical (unpaired) electrons. The summed E-state index contributed by atoms with van der Waals surface area (Å²) in [7, 11) is 0. The molecule has 0 unspecified atom stereocenters. The summed E-state index contributed by atoms with van der Waals surface area (Å²) in [5.41, 5.74) is 4.49. The standard InChI is InChI=1S/C18H25N3O/c1-12-8-16-17(9-13(12)2)20(11-19-16)10-18(22)21-14(3)6-5-7-15(21)4/h8-9,11,14-15H,5-7,10H2,1-4H3/t14-,15-/m1/s1. The van der Waals surface area contributed by atoms with E-state index in [9.17, 15) is 4.79 Å². The molecule has 1 aliphatic rings. The third kappa shape index (κ3) is 2.62. The van der Waals surface area contributed by atoms with Crippen molar-refractivity contribution in [1.82, 2.24) is 14.5 Å². The van der Waals surface area contributed by atoms with E-state index in [2.05, 4.69) is 49.7 Å². The van der Waals surface area contributed by atoms with Crippen molar-refractivity contribution < 1.29 is 4.79 Å². The second-order valence-electron chi connectivity index (χ2n) is 6.73. The molecular formula is C18H25N3O. The smallest absolute Gasteiger partial charge is 0.243 e. The van der Waals surface area contributed by atoms with E-state index < -0.39 is 0 Å². The van der Waals surface area contributed by atoms with E-state index >= 15 is 0 Å². The van der Waals surface area contributed by atoms with E-state index in [1.165, 1.54) is 17.5 Å². The van der Waals surface area contributed by atoms with E-state index in [-0.39, 0.29) is 5.91 Å². The van der Waals surface area contributed by atoms with Crippen LogP contribution in [0.5, 0.6) is 0 Å². The van der Waals surface area contributed by atoms with Crippen LogP contribution < -0.4 is 0 Å². The zero-order chi connectivity index (χ0) is 15.9. The summed E-state index contributed by atoms with van der Waals surface area (Å²) in [4.78, 5) is 19.3. The molecule has 0 N–H and O–H groups in total. The summed E-state index contributed by atoms with van der Waals surface area (Å²) in [5, 5.41) is 0. The molecule has 3 rings (SSSR count). The number of carbonyl (C=O) groups excluding carboxylic acids is 1. The first-order valence-electron chi connectivity index (χ1n) is 8.20. The first kappa shape index (κ1) is 15.1. The van der Waals surface area contributed by atoms with Gasteiger partial charge >= 0.3 is 0 Å². The lowest BCUT2D eigenvalue weighted by Crippen LogP contribution is -2.48. The van der Waals surface area contributed by atoms with Crippen molar-refractivity contribution in [3.63, 3.8) is 0 Å². The Kier molecular flexibility index (Phi) is 3.94. The van der Waals surface area contributed by atoms with Gasteiger partial charge in [0.1, 0.15) is 6.54 Å². The molecule has 0 spiro atoms. The summed E-state index contributed by atoms with van der Waals surface area (Å²) in [6, 6.07) is 4.91. The van der Waals surface area contributed by atoms with E-state index in [1.807, 2.05) is 4.57 Å². The second-order valence-corrected chi connectivity index (χ2v) is 6.73. The highest BCUT2D eigenvalue weighted by atomic mass is 16.2. The number of rotatable bonds is 2. The van der Waals surface area contributed by atoms with Gasteiger partial charge in [-0.15, -0.1) is 0 Å². The minimum atomic E-state index is 0.206. The van der Waals surface area contributed by atoms with Crippen molar-refractivity contribution in [3.05, 3.63) is 29.6 Å². The predicted octanol–water partition coefficient (Wildman–Crippen LogP) is 3.44. The lowest BCUT2D eigenvalue weighted by Gasteiger charge is -2.39. The van der Waals surface area contributed by atoms with Crippen LogP contribution in [0, 0.1) is 13.8 Å². The quantitative estimate of drug-likeness (QED) is 0.852. The van der Waals surface area contributed by atoms with Gasteiger partial charge in [0.05, 0.1) is 17.4 Å². The van der Waals surface area contributed by atoms with E-state index in [1.54, 1.807) is 6.33 Å². The Morgan fingerprint density at radius 1 is 1.18 bits per heavy atom. The van der Waals surface area contributed by atoms with Crippen molar-refractivity contribution in [2.45, 2.75) is 65.6 Å². The minimum absolute atomic E-state index is 0.206. The molecule has 0 aliphatic carbocycles. The molecule has 1 fully saturated rings. The molecular weight excluding hydrogens is 274 g/mol. The Balaban J connectivity index is 1.86. The lowest BCUT2D eigenvalue weighted by atomic mass is 9.97. The van der Waals surface area contributed by atoms with Gasteiger partial charge in [0, 0.05) is 12.1 Å². The van der Waals surface area contributed by atoms with Gasteiger partial charge in [-0.05, 0) is 70.2 Å². The Morgan fingerprint density at radius 3 is 2.50 bits per heavy atom. The molecule has 22 heavy (non-hydrogen) atoms. The summed E-state index contributed by atoms with van der Waals surface area (Å²) in [6.45, 7) is 8.90. The fraction of sp³-hybridized carbons (Fsp3) is 0.556. The fourth-order valence-electron chi connectivity index (χ4n) is 3.58. The number of aromatic nitrogens is 2. The minimum Gasteiger partial charge on any atom is -0.336 e. The van der Waals surface area contributed by atoms with Crippen molar-refractivity contribution in [3.8, 4) is 0 Å². The number of amides is 1. The van der Waals surface area contributed by atoms with Gasteiger partial charge in [-0.3, -0.25) is 4.79 Å². The van der Waals surface area contributed by atoms with Crippen molar-refractivity contribution in [1.29, 1.82) is 0 Å². The van der Waals surface area contributed by atoms with Crippen LogP contribution in [-0.2, 0) is 11.3 Å². The maximum absolute atomic E-state index is 12.8. The SMILES string of the molecule is Cc1cc2ncn(CC(=O)N3[C@H](C)CCC[C@H]3C)c2cc1C. The summed E-state index contributed by atoms with van der Waals surface area (Å²) in [5.74, 6) is 0.206. The summed E-state index contributed by atoms with van der Waals surface area (Å²) < 4.78 is 1.98. The van der Waals surface area contributed by atoms with Gasteiger partial charge in [-0.2, -0.15) is 0 Å². The molecule has 4 nitrogen and oxygen atoms in total. The molecule has 0 saturated carbocycles. The third-order valence-corrected chi connectivity index (χ3v) is 5.02. The lowest BCUT2D eigenvalue weighted by molar-refractivity contribution is -0.137. The predicted molar refractivity (Wildman–Crippen MR) is 88.8 cm³/mol. The molecule has 1 aromatic carbocycles. The van der Waals surface area contributed by atoms with Gasteiger partial charge in [-0.25, -0.2) is 4.98 Å². The van der Waals surface area contributed by atoms with Gasteiger partial charge in [-0.1, -0.05) is 0 Å². The number of hydrogen-bond acceptors (Lipinski definition) is 2. The number of fused-ring (bicyclic) bond motifs is 1. The van der Waals surface area contributed by atoms with Gasteiger partial charge in [0.15, 0.2) is 0 Å². The van der Waals surface area contributed by atoms with E-state index in [4.69, 9.17) is 0 Å². The molecule has 118 valence electrons. The number of likely N-dealkylation sites (tertiary alicyclic amines) is 1. The zero-order valence-corrected chi connectivity index (χ0v) is 14.0. The normalized spacial score (nSPS) is 22.3. The highest BCUT2D eigenvalue weighted by molar-refractivity contribution is 5.82. The average Bonchev–Trinajstić information content (AvgIpc) is 2.81. The second kappa shape index (κ2) is 5.75. The molecule has 1 aromatic heterocycles. The number of aryl methyl sites for hydroxylation is 2. The zero-order valence-electron chi connectivity index (χ0n) is 14.0. The Hall–Kier alpha value is -1.84. The molecule has 0 bridgehead atoms. The maximum Gasteiger partial charge on any atom is 0.243 e. The summed E-state index contributed by atoms with van der Waals surface area (Å²) in [6.07, 6.45) is 5.23. The van der Waals surface area contributed by atoms with Crippen LogP contribution in [0.25, 0.3) is 11.0 Å². The fourth-order valence-corrected chi connectivity index (χ4v) is 3.58. The molecule has 4 heteroatoms. The third-order valence-electron chi connectivity index (χ3n) is 5.02. The van der Waals surface area contributed by atoms with E-state index in [0.29, 0.717) is 18.6 Å². The molecule has 1 saturated heterocycles. The highest BCUT2D eigenvalue weighted by Crippen LogP contribution is 2.24. The van der Waals surface area contributed by atoms with Crippen LogP contribution in [0.1, 0.15) is 44.2 Å². The number of imidazole rings is 1. The van der Waals surface area contributed by atoms with Crippen LogP contribution in [0.4, 0.5) is 0 Å². The van der Waals surface area contributed by atoms with Crippen LogP contribution in [0.2, 0.25) is 0 Å². The van der Waals surface area contributed by atoms with Crippen LogP contribution in [0.3, 0.4) is 0 Å². The largest absolute Gasteiger partial charge is 0.336 e. The topological polar surface area (TPSA) is 38.1 Å². The van der Waals surface area contributed by atoms with Crippen molar-refractivity contribution in [2.75, 3.05) is 0 Å². The molecule has 1 amide bonds. The van der Waals surface area contributed by atoms with Crippen LogP contribution in [0.15, 0.2) is 18.5 Å². The van der Waals surface area contributed by atoms with Crippen molar-refractivity contribution in [2.24, 2.45) is 0 Å². The first-order valence-corrected chi connectivity index (χ1v) is 8.20. The Bertz CT molecular complexity index is 694. The summed E-state index contributed by atoms with van der Waals surface area (Å²) >= 11 is 0. The average molecular weight is 299 g/mol. The number of nitrogens with zero attached hydrogens (tertiary/aromatic N) is 3. The number of piperidine rings is 1. The van der Waals surface area contributed by atoms with Crippen LogP contribution >= 0.6 is 0 Å². The maximum atomic E-state index is 12.8. The molecule has 2 heterocycles. The highest BCUT2D eigenvalue weighted by Gasteiger charge is 2.29. The van der Waals surface area contributed by atoms with Crippen molar-refractivity contribution >= 4 is 16.9 Å². The molecule has 2 aromatic rings.